The number of hydrogen-bond acceptors (Lipinski definition) is 3. The molecule has 4 heteroatoms. The van der Waals surface area contributed by atoms with Crippen LogP contribution in [0.3, 0.4) is 0 Å². The van der Waals surface area contributed by atoms with Crippen molar-refractivity contribution in [3.8, 4) is 0 Å². The van der Waals surface area contributed by atoms with E-state index in [0.29, 0.717) is 12.4 Å². The summed E-state index contributed by atoms with van der Waals surface area (Å²) in [6.45, 7) is 8.84. The molecule has 0 radical (unpaired) electrons. The molecular formula is C15H24N2O2. The van der Waals surface area contributed by atoms with Crippen LogP contribution in [0.2, 0.25) is 0 Å². The SMILES string of the molecule is CCOC1(c2nc(C(C)(C)C)cc(=O)[nH]2)CCCC1. The molecule has 1 aromatic rings. The van der Waals surface area contributed by atoms with Gasteiger partial charge in [-0.1, -0.05) is 20.8 Å². The Hall–Kier alpha value is -1.16. The summed E-state index contributed by atoms with van der Waals surface area (Å²) in [7, 11) is 0. The van der Waals surface area contributed by atoms with E-state index in [9.17, 15) is 4.79 Å². The number of aromatic amines is 1. The number of ether oxygens (including phenoxy) is 1. The Balaban J connectivity index is 2.49. The Kier molecular flexibility index (Phi) is 3.81. The molecular weight excluding hydrogens is 240 g/mol. The highest BCUT2D eigenvalue weighted by Gasteiger charge is 2.39. The van der Waals surface area contributed by atoms with Gasteiger partial charge in [0, 0.05) is 18.1 Å². The zero-order valence-corrected chi connectivity index (χ0v) is 12.4. The summed E-state index contributed by atoms with van der Waals surface area (Å²) in [4.78, 5) is 19.5. The molecule has 0 spiro atoms. The Bertz CT molecular complexity index is 494. The quantitative estimate of drug-likeness (QED) is 0.913. The van der Waals surface area contributed by atoms with E-state index in [0.717, 1.165) is 31.4 Å². The van der Waals surface area contributed by atoms with E-state index in [1.807, 2.05) is 6.92 Å². The smallest absolute Gasteiger partial charge is 0.251 e. The molecule has 1 heterocycles. The summed E-state index contributed by atoms with van der Waals surface area (Å²) >= 11 is 0. The summed E-state index contributed by atoms with van der Waals surface area (Å²) in [5.41, 5.74) is 0.239. The maximum atomic E-state index is 11.9. The van der Waals surface area contributed by atoms with Gasteiger partial charge in [0.2, 0.25) is 0 Å². The first-order valence-corrected chi connectivity index (χ1v) is 7.14. The molecule has 1 aromatic heterocycles. The zero-order chi connectivity index (χ0) is 14.1. The topological polar surface area (TPSA) is 55.0 Å². The van der Waals surface area contributed by atoms with Crippen molar-refractivity contribution in [2.75, 3.05) is 6.61 Å². The molecule has 1 N–H and O–H groups in total. The summed E-state index contributed by atoms with van der Waals surface area (Å²) in [6, 6.07) is 1.60. The number of nitrogens with one attached hydrogen (secondary N) is 1. The molecule has 0 aromatic carbocycles. The highest BCUT2D eigenvalue weighted by Crippen LogP contribution is 2.40. The lowest BCUT2D eigenvalue weighted by atomic mass is 9.91. The minimum atomic E-state index is -0.380. The normalized spacial score (nSPS) is 18.7. The second-order valence-electron chi connectivity index (χ2n) is 6.36. The molecule has 0 bridgehead atoms. The molecule has 0 atom stereocenters. The molecule has 0 amide bonds. The molecule has 1 saturated carbocycles. The van der Waals surface area contributed by atoms with Crippen LogP contribution in [-0.2, 0) is 15.8 Å². The second-order valence-corrected chi connectivity index (χ2v) is 6.36. The summed E-state index contributed by atoms with van der Waals surface area (Å²) in [5.74, 6) is 0.712. The van der Waals surface area contributed by atoms with Crippen LogP contribution in [0.25, 0.3) is 0 Å². The van der Waals surface area contributed by atoms with Gasteiger partial charge in [0.05, 0.1) is 5.69 Å². The Labute approximate surface area is 114 Å². The third-order valence-corrected chi connectivity index (χ3v) is 3.77. The Morgan fingerprint density at radius 1 is 1.37 bits per heavy atom. The lowest BCUT2D eigenvalue weighted by molar-refractivity contribution is -0.0461. The first-order chi connectivity index (χ1) is 8.87. The van der Waals surface area contributed by atoms with Gasteiger partial charge in [-0.25, -0.2) is 4.98 Å². The van der Waals surface area contributed by atoms with E-state index in [2.05, 4.69) is 25.8 Å². The van der Waals surface area contributed by atoms with Gasteiger partial charge in [-0.2, -0.15) is 0 Å². The molecule has 1 aliphatic carbocycles. The van der Waals surface area contributed by atoms with Crippen molar-refractivity contribution in [1.82, 2.24) is 9.97 Å². The van der Waals surface area contributed by atoms with Crippen LogP contribution in [0, 0.1) is 0 Å². The predicted molar refractivity (Wildman–Crippen MR) is 75.3 cm³/mol. The van der Waals surface area contributed by atoms with E-state index >= 15 is 0 Å². The molecule has 2 rings (SSSR count). The number of aromatic nitrogens is 2. The minimum Gasteiger partial charge on any atom is -0.367 e. The van der Waals surface area contributed by atoms with Crippen LogP contribution < -0.4 is 5.56 Å². The fourth-order valence-electron chi connectivity index (χ4n) is 2.73. The number of H-pyrrole nitrogens is 1. The zero-order valence-electron chi connectivity index (χ0n) is 12.4. The van der Waals surface area contributed by atoms with E-state index in [1.165, 1.54) is 0 Å². The van der Waals surface area contributed by atoms with Crippen molar-refractivity contribution in [2.45, 2.75) is 64.4 Å². The first kappa shape index (κ1) is 14.3. The van der Waals surface area contributed by atoms with E-state index in [1.54, 1.807) is 6.07 Å². The molecule has 19 heavy (non-hydrogen) atoms. The van der Waals surface area contributed by atoms with Crippen LogP contribution >= 0.6 is 0 Å². The van der Waals surface area contributed by atoms with E-state index in [-0.39, 0.29) is 16.6 Å². The standard InChI is InChI=1S/C15H24N2O2/c1-5-19-15(8-6-7-9-15)13-16-11(14(2,3)4)10-12(18)17-13/h10H,5-9H2,1-4H3,(H,16,17,18). The maximum absolute atomic E-state index is 11.9. The van der Waals surface area contributed by atoms with Gasteiger partial charge in [-0.3, -0.25) is 4.79 Å². The highest BCUT2D eigenvalue weighted by molar-refractivity contribution is 5.16. The van der Waals surface area contributed by atoms with Gasteiger partial charge in [0.15, 0.2) is 0 Å². The van der Waals surface area contributed by atoms with Crippen LogP contribution in [0.1, 0.15) is 64.9 Å². The van der Waals surface area contributed by atoms with Crippen LogP contribution in [-0.4, -0.2) is 16.6 Å². The fraction of sp³-hybridized carbons (Fsp3) is 0.733. The minimum absolute atomic E-state index is 0.0825. The van der Waals surface area contributed by atoms with Crippen molar-refractivity contribution >= 4 is 0 Å². The first-order valence-electron chi connectivity index (χ1n) is 7.14. The molecule has 0 unspecified atom stereocenters. The van der Waals surface area contributed by atoms with Crippen molar-refractivity contribution in [3.05, 3.63) is 27.9 Å². The fourth-order valence-corrected chi connectivity index (χ4v) is 2.73. The second kappa shape index (κ2) is 5.08. The number of hydrogen-bond donors (Lipinski definition) is 1. The van der Waals surface area contributed by atoms with Crippen LogP contribution in [0.5, 0.6) is 0 Å². The lowest BCUT2D eigenvalue weighted by Crippen LogP contribution is -2.33. The van der Waals surface area contributed by atoms with Crippen molar-refractivity contribution in [2.24, 2.45) is 0 Å². The average Bonchev–Trinajstić information content (AvgIpc) is 2.77. The Morgan fingerprint density at radius 3 is 2.53 bits per heavy atom. The predicted octanol–water partition coefficient (Wildman–Crippen LogP) is 2.87. The van der Waals surface area contributed by atoms with Crippen molar-refractivity contribution in [1.29, 1.82) is 0 Å². The van der Waals surface area contributed by atoms with Crippen molar-refractivity contribution < 1.29 is 4.74 Å². The Morgan fingerprint density at radius 2 is 2.00 bits per heavy atom. The third-order valence-electron chi connectivity index (χ3n) is 3.77. The molecule has 0 saturated heterocycles. The molecule has 1 aliphatic rings. The van der Waals surface area contributed by atoms with Gasteiger partial charge in [0.25, 0.3) is 5.56 Å². The maximum Gasteiger partial charge on any atom is 0.251 e. The van der Waals surface area contributed by atoms with Gasteiger partial charge in [-0.05, 0) is 32.6 Å². The number of rotatable bonds is 3. The molecule has 0 aliphatic heterocycles. The third kappa shape index (κ3) is 2.89. The van der Waals surface area contributed by atoms with Gasteiger partial charge >= 0.3 is 0 Å². The summed E-state index contributed by atoms with van der Waals surface area (Å²) in [6.07, 6.45) is 4.14. The largest absolute Gasteiger partial charge is 0.367 e. The summed E-state index contributed by atoms with van der Waals surface area (Å²) < 4.78 is 5.97. The molecule has 4 nitrogen and oxygen atoms in total. The number of nitrogens with zero attached hydrogens (tertiary/aromatic N) is 1. The average molecular weight is 264 g/mol. The molecule has 106 valence electrons. The van der Waals surface area contributed by atoms with Crippen molar-refractivity contribution in [3.63, 3.8) is 0 Å². The monoisotopic (exact) mass is 264 g/mol. The van der Waals surface area contributed by atoms with Gasteiger partial charge < -0.3 is 9.72 Å². The van der Waals surface area contributed by atoms with Crippen LogP contribution in [0.15, 0.2) is 10.9 Å². The summed E-state index contributed by atoms with van der Waals surface area (Å²) in [5, 5.41) is 0. The van der Waals surface area contributed by atoms with Gasteiger partial charge in [-0.15, -0.1) is 0 Å². The molecule has 1 fully saturated rings. The highest BCUT2D eigenvalue weighted by atomic mass is 16.5. The van der Waals surface area contributed by atoms with Crippen LogP contribution in [0.4, 0.5) is 0 Å². The van der Waals surface area contributed by atoms with E-state index in [4.69, 9.17) is 9.72 Å². The lowest BCUT2D eigenvalue weighted by Gasteiger charge is -2.29. The van der Waals surface area contributed by atoms with Gasteiger partial charge in [0.1, 0.15) is 11.4 Å². The van der Waals surface area contributed by atoms with E-state index < -0.39 is 0 Å².